The van der Waals surface area contributed by atoms with Crippen molar-refractivity contribution in [3.05, 3.63) is 16.8 Å². The molecule has 5 nitrogen and oxygen atoms in total. The average Bonchev–Trinajstić information content (AvgIpc) is 2.96. The quantitative estimate of drug-likeness (QED) is 0.941. The third-order valence-corrected chi connectivity index (χ3v) is 5.19. The van der Waals surface area contributed by atoms with Crippen LogP contribution in [0.5, 0.6) is 0 Å². The Morgan fingerprint density at radius 2 is 2.09 bits per heavy atom. The molecule has 2 aromatic rings. The minimum Gasteiger partial charge on any atom is -0.360 e. The highest BCUT2D eigenvalue weighted by atomic mass is 32.1. The summed E-state index contributed by atoms with van der Waals surface area (Å²) in [4.78, 5) is 25.5. The molecule has 118 valence electrons. The molecule has 1 N–H and O–H groups in total. The van der Waals surface area contributed by atoms with Crippen LogP contribution in [0, 0.1) is 6.92 Å². The Morgan fingerprint density at radius 1 is 1.32 bits per heavy atom. The van der Waals surface area contributed by atoms with Crippen molar-refractivity contribution in [2.45, 2.75) is 39.5 Å². The van der Waals surface area contributed by atoms with Crippen molar-refractivity contribution in [3.63, 3.8) is 0 Å². The van der Waals surface area contributed by atoms with E-state index in [1.807, 2.05) is 11.8 Å². The minimum atomic E-state index is 0.162. The number of hydrogen-bond donors (Lipinski definition) is 1. The van der Waals surface area contributed by atoms with Gasteiger partial charge in [0, 0.05) is 18.0 Å². The van der Waals surface area contributed by atoms with Gasteiger partial charge in [-0.05, 0) is 38.7 Å². The lowest BCUT2D eigenvalue weighted by molar-refractivity contribution is -0.130. The summed E-state index contributed by atoms with van der Waals surface area (Å²) in [6, 6.07) is 2.13. The Hall–Kier alpha value is -1.69. The van der Waals surface area contributed by atoms with Crippen LogP contribution in [0.1, 0.15) is 36.9 Å². The van der Waals surface area contributed by atoms with Crippen LogP contribution >= 0.6 is 11.3 Å². The number of hydrogen-bond acceptors (Lipinski definition) is 5. The maximum atomic E-state index is 12.3. The first-order valence-electron chi connectivity index (χ1n) is 7.96. The highest BCUT2D eigenvalue weighted by Crippen LogP contribution is 2.29. The molecule has 22 heavy (non-hydrogen) atoms. The number of rotatable bonds is 4. The van der Waals surface area contributed by atoms with Gasteiger partial charge in [-0.25, -0.2) is 9.97 Å². The van der Waals surface area contributed by atoms with Crippen LogP contribution in [-0.2, 0) is 11.2 Å². The number of piperidine rings is 1. The molecular weight excluding hydrogens is 296 g/mol. The number of carbonyl (C=O) groups excluding carboxylic acids is 1. The van der Waals surface area contributed by atoms with Gasteiger partial charge in [-0.15, -0.1) is 11.3 Å². The molecule has 6 heteroatoms. The van der Waals surface area contributed by atoms with Crippen LogP contribution in [0.2, 0.25) is 0 Å². The molecule has 0 aliphatic carbocycles. The summed E-state index contributed by atoms with van der Waals surface area (Å²) in [7, 11) is 0. The number of anilines is 1. The lowest BCUT2D eigenvalue weighted by atomic mass is 10.1. The van der Waals surface area contributed by atoms with Gasteiger partial charge in [0.25, 0.3) is 0 Å². The highest BCUT2D eigenvalue weighted by molar-refractivity contribution is 7.18. The first-order chi connectivity index (χ1) is 10.7. The van der Waals surface area contributed by atoms with Crippen molar-refractivity contribution in [2.24, 2.45) is 0 Å². The van der Waals surface area contributed by atoms with Gasteiger partial charge in [0.15, 0.2) is 0 Å². The standard InChI is InChI=1S/C16H22N4OS/c1-3-12-9-13-15(18-11(2)19-16(13)22-12)17-10-14(21)20-7-5-4-6-8-20/h9H,3-8,10H2,1-2H3,(H,17,18,19). The Morgan fingerprint density at radius 3 is 2.82 bits per heavy atom. The van der Waals surface area contributed by atoms with E-state index in [1.54, 1.807) is 11.3 Å². The average molecular weight is 318 g/mol. The van der Waals surface area contributed by atoms with E-state index in [-0.39, 0.29) is 5.91 Å². The maximum Gasteiger partial charge on any atom is 0.241 e. The normalized spacial score (nSPS) is 15.3. The molecule has 1 amide bonds. The molecule has 0 bridgehead atoms. The fourth-order valence-corrected chi connectivity index (χ4v) is 3.81. The number of carbonyl (C=O) groups is 1. The van der Waals surface area contributed by atoms with E-state index in [0.29, 0.717) is 6.54 Å². The van der Waals surface area contributed by atoms with Gasteiger partial charge in [0.2, 0.25) is 5.91 Å². The molecule has 0 unspecified atom stereocenters. The van der Waals surface area contributed by atoms with E-state index < -0.39 is 0 Å². The van der Waals surface area contributed by atoms with E-state index in [2.05, 4.69) is 28.3 Å². The van der Waals surface area contributed by atoms with Crippen LogP contribution in [0.4, 0.5) is 5.82 Å². The Bertz CT molecular complexity index is 676. The molecule has 3 rings (SSSR count). The summed E-state index contributed by atoms with van der Waals surface area (Å²) in [6.07, 6.45) is 4.46. The molecule has 0 radical (unpaired) electrons. The lowest BCUT2D eigenvalue weighted by Gasteiger charge is -2.26. The second-order valence-electron chi connectivity index (χ2n) is 5.70. The molecule has 1 fully saturated rings. The Labute approximate surface area is 134 Å². The van der Waals surface area contributed by atoms with Crippen LogP contribution < -0.4 is 5.32 Å². The van der Waals surface area contributed by atoms with E-state index >= 15 is 0 Å². The molecule has 3 heterocycles. The number of nitrogens with zero attached hydrogens (tertiary/aromatic N) is 3. The van der Waals surface area contributed by atoms with Crippen LogP contribution in [0.25, 0.3) is 10.2 Å². The largest absolute Gasteiger partial charge is 0.360 e. The van der Waals surface area contributed by atoms with Gasteiger partial charge in [-0.2, -0.15) is 0 Å². The molecule has 1 saturated heterocycles. The molecule has 1 aliphatic heterocycles. The summed E-state index contributed by atoms with van der Waals surface area (Å²) < 4.78 is 0. The molecule has 0 spiro atoms. The SMILES string of the molecule is CCc1cc2c(NCC(=O)N3CCCCC3)nc(C)nc2s1. The highest BCUT2D eigenvalue weighted by Gasteiger charge is 2.17. The van der Waals surface area contributed by atoms with Crippen molar-refractivity contribution in [1.82, 2.24) is 14.9 Å². The summed E-state index contributed by atoms with van der Waals surface area (Å²) in [5.41, 5.74) is 0. The van der Waals surface area contributed by atoms with Crippen molar-refractivity contribution in [1.29, 1.82) is 0 Å². The molecule has 2 aromatic heterocycles. The topological polar surface area (TPSA) is 58.1 Å². The summed E-state index contributed by atoms with van der Waals surface area (Å²) in [5, 5.41) is 4.25. The van der Waals surface area contributed by atoms with Crippen molar-refractivity contribution in [3.8, 4) is 0 Å². The number of likely N-dealkylation sites (tertiary alicyclic amines) is 1. The maximum absolute atomic E-state index is 12.3. The van der Waals surface area contributed by atoms with Crippen LogP contribution in [0.3, 0.4) is 0 Å². The number of fused-ring (bicyclic) bond motifs is 1. The first-order valence-corrected chi connectivity index (χ1v) is 8.77. The molecule has 0 atom stereocenters. The fraction of sp³-hybridized carbons (Fsp3) is 0.562. The summed E-state index contributed by atoms with van der Waals surface area (Å²) >= 11 is 1.70. The van der Waals surface area contributed by atoms with Gasteiger partial charge < -0.3 is 10.2 Å². The predicted octanol–water partition coefficient (Wildman–Crippen LogP) is 2.99. The number of nitrogens with one attached hydrogen (secondary N) is 1. The van der Waals surface area contributed by atoms with Gasteiger partial charge >= 0.3 is 0 Å². The van der Waals surface area contributed by atoms with Gasteiger partial charge in [0.05, 0.1) is 11.9 Å². The lowest BCUT2D eigenvalue weighted by Crippen LogP contribution is -2.39. The zero-order chi connectivity index (χ0) is 15.5. The monoisotopic (exact) mass is 318 g/mol. The number of aromatic nitrogens is 2. The van der Waals surface area contributed by atoms with Gasteiger partial charge in [-0.1, -0.05) is 6.92 Å². The van der Waals surface area contributed by atoms with Crippen molar-refractivity contribution in [2.75, 3.05) is 25.0 Å². The molecule has 0 aromatic carbocycles. The fourth-order valence-electron chi connectivity index (χ4n) is 2.80. The molecular formula is C16H22N4OS. The third-order valence-electron chi connectivity index (χ3n) is 4.02. The Balaban J connectivity index is 1.75. The Kier molecular flexibility index (Phi) is 4.57. The van der Waals surface area contributed by atoms with E-state index in [0.717, 1.165) is 54.2 Å². The zero-order valence-corrected chi connectivity index (χ0v) is 14.0. The van der Waals surface area contributed by atoms with E-state index in [1.165, 1.54) is 11.3 Å². The second-order valence-corrected chi connectivity index (χ2v) is 6.81. The van der Waals surface area contributed by atoms with Crippen LogP contribution in [0.15, 0.2) is 6.07 Å². The van der Waals surface area contributed by atoms with Gasteiger partial charge in [-0.3, -0.25) is 4.79 Å². The number of amides is 1. The molecule has 1 aliphatic rings. The van der Waals surface area contributed by atoms with Gasteiger partial charge in [0.1, 0.15) is 16.5 Å². The summed E-state index contributed by atoms with van der Waals surface area (Å²) in [6.45, 7) is 6.11. The first kappa shape index (κ1) is 15.2. The number of thiophene rings is 1. The van der Waals surface area contributed by atoms with Crippen LogP contribution in [-0.4, -0.2) is 40.4 Å². The third kappa shape index (κ3) is 3.21. The zero-order valence-electron chi connectivity index (χ0n) is 13.2. The smallest absolute Gasteiger partial charge is 0.241 e. The van der Waals surface area contributed by atoms with Crippen molar-refractivity contribution >= 4 is 33.3 Å². The summed E-state index contributed by atoms with van der Waals surface area (Å²) in [5.74, 6) is 1.68. The minimum absolute atomic E-state index is 0.162. The predicted molar refractivity (Wildman–Crippen MR) is 90.5 cm³/mol. The van der Waals surface area contributed by atoms with E-state index in [4.69, 9.17) is 0 Å². The van der Waals surface area contributed by atoms with Crippen molar-refractivity contribution < 1.29 is 4.79 Å². The molecule has 0 saturated carbocycles. The van der Waals surface area contributed by atoms with E-state index in [9.17, 15) is 4.79 Å². The second kappa shape index (κ2) is 6.60. The number of aryl methyl sites for hydroxylation is 2.